The number of hydrazone groups is 1. The van der Waals surface area contributed by atoms with Gasteiger partial charge in [-0.2, -0.15) is 15.3 Å². The number of nitrogens with zero attached hydrogens (tertiary/aromatic N) is 4. The number of aryl methyl sites for hydroxylation is 1. The molecule has 9 nitrogen and oxygen atoms in total. The second-order valence-corrected chi connectivity index (χ2v) is 6.79. The van der Waals surface area contributed by atoms with E-state index in [1.165, 1.54) is 0 Å². The molecular formula is C19H24N6O3. The molecule has 0 saturated heterocycles. The number of carbonyl (C=O) groups is 1. The maximum Gasteiger partial charge on any atom is 0.273 e. The molecule has 0 saturated carbocycles. The summed E-state index contributed by atoms with van der Waals surface area (Å²) in [4.78, 5) is 17.2. The lowest BCUT2D eigenvalue weighted by Crippen LogP contribution is -2.39. The van der Waals surface area contributed by atoms with Gasteiger partial charge >= 0.3 is 0 Å². The average molecular weight is 384 g/mol. The molecule has 2 atom stereocenters. The number of carbonyl (C=O) groups excluding carboxylic acids is 1. The molecule has 0 spiro atoms. The summed E-state index contributed by atoms with van der Waals surface area (Å²) in [5, 5.41) is 31.5. The molecule has 0 aromatic carbocycles. The first kappa shape index (κ1) is 19.9. The maximum atomic E-state index is 12.3. The molecule has 1 aliphatic heterocycles. The van der Waals surface area contributed by atoms with Gasteiger partial charge in [0.15, 0.2) is 0 Å². The minimum Gasteiger partial charge on any atom is -0.379 e. The molecule has 0 fully saturated rings. The summed E-state index contributed by atoms with van der Waals surface area (Å²) >= 11 is 0. The van der Waals surface area contributed by atoms with Crippen LogP contribution >= 0.6 is 0 Å². The zero-order valence-corrected chi connectivity index (χ0v) is 16.3. The van der Waals surface area contributed by atoms with E-state index in [4.69, 9.17) is 0 Å². The first-order chi connectivity index (χ1) is 13.3. The Hall–Kier alpha value is -2.88. The molecule has 148 valence electrons. The minimum atomic E-state index is -0.797. The highest BCUT2D eigenvalue weighted by Gasteiger charge is 2.26. The van der Waals surface area contributed by atoms with Gasteiger partial charge in [-0.3, -0.25) is 4.79 Å². The van der Waals surface area contributed by atoms with Crippen molar-refractivity contribution >= 4 is 17.7 Å². The Morgan fingerprint density at radius 2 is 1.93 bits per heavy atom. The number of aliphatic hydroxyl groups is 2. The Balaban J connectivity index is 1.96. The highest BCUT2D eigenvalue weighted by Crippen LogP contribution is 2.25. The van der Waals surface area contributed by atoms with Crippen LogP contribution in [0, 0.1) is 13.8 Å². The lowest BCUT2D eigenvalue weighted by atomic mass is 10.0. The van der Waals surface area contributed by atoms with Crippen LogP contribution in [0.4, 0.5) is 0 Å². The number of rotatable bonds is 6. The number of hydrogen-bond donors (Lipinski definition) is 4. The quantitative estimate of drug-likeness (QED) is 0.431. The molecule has 3 heterocycles. The van der Waals surface area contributed by atoms with E-state index >= 15 is 0 Å². The molecule has 3 rings (SSSR count). The van der Waals surface area contributed by atoms with Crippen LogP contribution in [0.25, 0.3) is 6.08 Å². The Morgan fingerprint density at radius 1 is 1.21 bits per heavy atom. The van der Waals surface area contributed by atoms with E-state index in [0.29, 0.717) is 23.4 Å². The smallest absolute Gasteiger partial charge is 0.273 e. The maximum absolute atomic E-state index is 12.3. The molecular weight excluding hydrogens is 360 g/mol. The average Bonchev–Trinajstić information content (AvgIpc) is 3.14. The lowest BCUT2D eigenvalue weighted by molar-refractivity contribution is -0.116. The zero-order valence-electron chi connectivity index (χ0n) is 16.3. The SMILES string of the molecule is Cc1[nH]c(C=C2C(=O)NN=C2c2ccnnc2)c(C)c1CN(C(C)O)C(C)O. The molecule has 0 aliphatic carbocycles. The number of nitrogens with one attached hydrogen (secondary N) is 2. The van der Waals surface area contributed by atoms with E-state index in [9.17, 15) is 15.0 Å². The van der Waals surface area contributed by atoms with Gasteiger partial charge in [-0.05, 0) is 51.0 Å². The van der Waals surface area contributed by atoms with Crippen LogP contribution in [0.15, 0.2) is 29.1 Å². The normalized spacial score (nSPS) is 17.8. The van der Waals surface area contributed by atoms with Gasteiger partial charge in [-0.15, -0.1) is 0 Å². The predicted octanol–water partition coefficient (Wildman–Crippen LogP) is 0.818. The van der Waals surface area contributed by atoms with Crippen LogP contribution in [0.3, 0.4) is 0 Å². The van der Waals surface area contributed by atoms with Crippen LogP contribution in [-0.2, 0) is 11.3 Å². The van der Waals surface area contributed by atoms with Crippen molar-refractivity contribution in [2.45, 2.75) is 46.7 Å². The molecule has 28 heavy (non-hydrogen) atoms. The summed E-state index contributed by atoms with van der Waals surface area (Å²) in [5.41, 5.74) is 7.66. The van der Waals surface area contributed by atoms with Crippen LogP contribution in [0.1, 0.15) is 41.9 Å². The molecule has 1 amide bonds. The summed E-state index contributed by atoms with van der Waals surface area (Å²) in [6, 6.07) is 1.74. The van der Waals surface area contributed by atoms with E-state index in [1.807, 2.05) is 13.8 Å². The molecule has 4 N–H and O–H groups in total. The van der Waals surface area contributed by atoms with Crippen LogP contribution < -0.4 is 5.43 Å². The Labute approximate surface area is 162 Å². The first-order valence-electron chi connectivity index (χ1n) is 8.96. The monoisotopic (exact) mass is 384 g/mol. The fourth-order valence-corrected chi connectivity index (χ4v) is 3.22. The van der Waals surface area contributed by atoms with Crippen molar-refractivity contribution in [2.24, 2.45) is 5.10 Å². The second kappa shape index (κ2) is 8.01. The summed E-state index contributed by atoms with van der Waals surface area (Å²) in [6.45, 7) is 7.45. The second-order valence-electron chi connectivity index (χ2n) is 6.79. The van der Waals surface area contributed by atoms with Crippen LogP contribution in [0.5, 0.6) is 0 Å². The molecule has 1 aliphatic rings. The minimum absolute atomic E-state index is 0.297. The van der Waals surface area contributed by atoms with Gasteiger partial charge in [0.2, 0.25) is 0 Å². The zero-order chi connectivity index (χ0) is 20.4. The fourth-order valence-electron chi connectivity index (χ4n) is 3.22. The van der Waals surface area contributed by atoms with Gasteiger partial charge in [-0.1, -0.05) is 0 Å². The van der Waals surface area contributed by atoms with Crippen LogP contribution in [0.2, 0.25) is 0 Å². The van der Waals surface area contributed by atoms with Crippen molar-refractivity contribution < 1.29 is 15.0 Å². The van der Waals surface area contributed by atoms with Crippen molar-refractivity contribution in [3.05, 3.63) is 52.1 Å². The van der Waals surface area contributed by atoms with Crippen molar-refractivity contribution in [1.29, 1.82) is 0 Å². The third-order valence-corrected chi connectivity index (χ3v) is 4.85. The number of aliphatic hydroxyl groups excluding tert-OH is 2. The van der Waals surface area contributed by atoms with Gasteiger partial charge in [0, 0.05) is 23.5 Å². The molecule has 0 radical (unpaired) electrons. The predicted molar refractivity (Wildman–Crippen MR) is 104 cm³/mol. The Bertz CT molecular complexity index is 923. The highest BCUT2D eigenvalue weighted by molar-refractivity contribution is 6.33. The van der Waals surface area contributed by atoms with Crippen molar-refractivity contribution in [2.75, 3.05) is 0 Å². The fraction of sp³-hybridized carbons (Fsp3) is 0.368. The third-order valence-electron chi connectivity index (χ3n) is 4.85. The number of amides is 1. The van der Waals surface area contributed by atoms with Crippen molar-refractivity contribution in [3.8, 4) is 0 Å². The number of aromatic nitrogens is 3. The largest absolute Gasteiger partial charge is 0.379 e. The van der Waals surface area contributed by atoms with E-state index < -0.39 is 12.5 Å². The standard InChI is InChI=1S/C19H24N6O3/c1-10-16(9-25(12(3)26)13(4)27)11(2)22-17(10)7-15-18(23-24-19(15)28)14-5-6-20-21-8-14/h5-8,12-13,22,26-27H,9H2,1-4H3,(H,24,28). The number of aromatic amines is 1. The Kier molecular flexibility index (Phi) is 5.68. The van der Waals surface area contributed by atoms with E-state index in [-0.39, 0.29) is 5.91 Å². The number of H-pyrrole nitrogens is 1. The number of hydrogen-bond acceptors (Lipinski definition) is 7. The van der Waals surface area contributed by atoms with E-state index in [1.54, 1.807) is 43.3 Å². The molecule has 9 heteroatoms. The van der Waals surface area contributed by atoms with E-state index in [0.717, 1.165) is 22.5 Å². The first-order valence-corrected chi connectivity index (χ1v) is 8.96. The van der Waals surface area contributed by atoms with Gasteiger partial charge in [0.1, 0.15) is 18.2 Å². The van der Waals surface area contributed by atoms with Gasteiger partial charge < -0.3 is 15.2 Å². The van der Waals surface area contributed by atoms with Crippen molar-refractivity contribution in [1.82, 2.24) is 25.5 Å². The third kappa shape index (κ3) is 3.86. The van der Waals surface area contributed by atoms with Gasteiger partial charge in [-0.25, -0.2) is 10.3 Å². The molecule has 2 aromatic rings. The molecule has 2 aromatic heterocycles. The molecule has 2 unspecified atom stereocenters. The summed E-state index contributed by atoms with van der Waals surface area (Å²) in [6.07, 6.45) is 3.25. The summed E-state index contributed by atoms with van der Waals surface area (Å²) < 4.78 is 0. The topological polar surface area (TPSA) is 127 Å². The Morgan fingerprint density at radius 3 is 2.54 bits per heavy atom. The van der Waals surface area contributed by atoms with Crippen molar-refractivity contribution in [3.63, 3.8) is 0 Å². The van der Waals surface area contributed by atoms with E-state index in [2.05, 4.69) is 25.7 Å². The highest BCUT2D eigenvalue weighted by atomic mass is 16.3. The van der Waals surface area contributed by atoms with Gasteiger partial charge in [0.05, 0.1) is 18.0 Å². The molecule has 0 bridgehead atoms. The lowest BCUT2D eigenvalue weighted by Gasteiger charge is -2.28. The van der Waals surface area contributed by atoms with Crippen LogP contribution in [-0.4, -0.2) is 54.4 Å². The summed E-state index contributed by atoms with van der Waals surface area (Å²) in [5.74, 6) is -0.297. The summed E-state index contributed by atoms with van der Waals surface area (Å²) in [7, 11) is 0. The van der Waals surface area contributed by atoms with Gasteiger partial charge in [0.25, 0.3) is 5.91 Å².